The number of aromatic hydroxyl groups is 1. The fraction of sp³-hybridized carbons (Fsp3) is 0.259. The highest BCUT2D eigenvalue weighted by Crippen LogP contribution is 2.24. The second-order valence-electron chi connectivity index (χ2n) is 8.42. The second kappa shape index (κ2) is 10.9. The molecule has 1 heterocycles. The van der Waals surface area contributed by atoms with Gasteiger partial charge >= 0.3 is 0 Å². The van der Waals surface area contributed by atoms with Crippen LogP contribution in [-0.2, 0) is 17.6 Å². The summed E-state index contributed by atoms with van der Waals surface area (Å²) in [5.74, 6) is -0.830. The van der Waals surface area contributed by atoms with Crippen LogP contribution in [0.2, 0.25) is 0 Å². The molecule has 34 heavy (non-hydrogen) atoms. The van der Waals surface area contributed by atoms with Gasteiger partial charge in [0.25, 0.3) is 5.91 Å². The van der Waals surface area contributed by atoms with Gasteiger partial charge in [0, 0.05) is 43.9 Å². The molecular formula is C27H28FN3O3. The molecule has 4 rings (SSSR count). The van der Waals surface area contributed by atoms with Gasteiger partial charge in [0.15, 0.2) is 5.78 Å². The zero-order valence-corrected chi connectivity index (χ0v) is 18.8. The van der Waals surface area contributed by atoms with Crippen LogP contribution in [0, 0.1) is 5.82 Å². The minimum atomic E-state index is -0.809. The fourth-order valence-electron chi connectivity index (χ4n) is 4.17. The van der Waals surface area contributed by atoms with Crippen molar-refractivity contribution in [2.24, 2.45) is 0 Å². The van der Waals surface area contributed by atoms with Crippen molar-refractivity contribution in [3.63, 3.8) is 0 Å². The Hall–Kier alpha value is -3.71. The summed E-state index contributed by atoms with van der Waals surface area (Å²) in [7, 11) is 0. The number of amides is 1. The zero-order valence-electron chi connectivity index (χ0n) is 18.8. The molecule has 3 N–H and O–H groups in total. The molecule has 0 spiro atoms. The van der Waals surface area contributed by atoms with Crippen LogP contribution in [0.15, 0.2) is 72.8 Å². The van der Waals surface area contributed by atoms with Gasteiger partial charge < -0.3 is 20.6 Å². The van der Waals surface area contributed by atoms with Gasteiger partial charge in [-0.15, -0.1) is 0 Å². The zero-order chi connectivity index (χ0) is 23.9. The number of ketones is 1. The van der Waals surface area contributed by atoms with E-state index in [4.69, 9.17) is 0 Å². The van der Waals surface area contributed by atoms with E-state index in [9.17, 15) is 19.1 Å². The van der Waals surface area contributed by atoms with E-state index in [1.54, 1.807) is 54.6 Å². The molecule has 1 fully saturated rings. The van der Waals surface area contributed by atoms with Crippen LogP contribution >= 0.6 is 0 Å². The monoisotopic (exact) mass is 461 g/mol. The molecule has 3 aromatic rings. The summed E-state index contributed by atoms with van der Waals surface area (Å²) in [4.78, 5) is 28.5. The number of carbonyl (C=O) groups excluding carboxylic acids is 2. The molecule has 0 aromatic heterocycles. The van der Waals surface area contributed by atoms with E-state index in [1.807, 2.05) is 6.07 Å². The van der Waals surface area contributed by atoms with E-state index in [0.29, 0.717) is 11.1 Å². The lowest BCUT2D eigenvalue weighted by atomic mass is 9.96. The van der Waals surface area contributed by atoms with Crippen molar-refractivity contribution >= 4 is 17.4 Å². The number of Topliss-reactive ketones (excluding diaryl/α,β-unsaturated/α-hetero) is 1. The normalized spacial score (nSPS) is 14.4. The smallest absolute Gasteiger partial charge is 0.251 e. The van der Waals surface area contributed by atoms with Crippen molar-refractivity contribution in [3.8, 4) is 5.75 Å². The molecule has 1 aliphatic heterocycles. The maximum absolute atomic E-state index is 14.1. The van der Waals surface area contributed by atoms with Crippen LogP contribution in [0.1, 0.15) is 21.5 Å². The highest BCUT2D eigenvalue weighted by atomic mass is 19.1. The minimum Gasteiger partial charge on any atom is -0.508 e. The van der Waals surface area contributed by atoms with Gasteiger partial charge in [-0.3, -0.25) is 9.59 Å². The Morgan fingerprint density at radius 1 is 1.00 bits per heavy atom. The van der Waals surface area contributed by atoms with Gasteiger partial charge in [-0.2, -0.15) is 0 Å². The molecule has 1 atom stereocenters. The molecule has 1 unspecified atom stereocenters. The summed E-state index contributed by atoms with van der Waals surface area (Å²) in [5.41, 5.74) is 2.70. The Morgan fingerprint density at radius 2 is 1.71 bits per heavy atom. The van der Waals surface area contributed by atoms with Crippen LogP contribution in [0.3, 0.4) is 0 Å². The van der Waals surface area contributed by atoms with E-state index >= 15 is 0 Å². The molecule has 6 nitrogen and oxygen atoms in total. The number of piperazine rings is 1. The molecule has 0 bridgehead atoms. The summed E-state index contributed by atoms with van der Waals surface area (Å²) < 4.78 is 14.1. The first-order valence-corrected chi connectivity index (χ1v) is 11.4. The van der Waals surface area contributed by atoms with Gasteiger partial charge in [0.05, 0.1) is 6.04 Å². The predicted octanol–water partition coefficient (Wildman–Crippen LogP) is 3.09. The van der Waals surface area contributed by atoms with Crippen molar-refractivity contribution in [1.82, 2.24) is 10.6 Å². The van der Waals surface area contributed by atoms with Crippen molar-refractivity contribution in [1.29, 1.82) is 0 Å². The number of rotatable bonds is 8. The van der Waals surface area contributed by atoms with Gasteiger partial charge in [0.1, 0.15) is 11.6 Å². The van der Waals surface area contributed by atoms with Crippen molar-refractivity contribution in [2.45, 2.75) is 18.9 Å². The van der Waals surface area contributed by atoms with Crippen molar-refractivity contribution < 1.29 is 19.1 Å². The number of phenolic OH excluding ortho intramolecular Hbond substituents is 1. The lowest BCUT2D eigenvalue weighted by molar-refractivity contribution is -0.120. The number of anilines is 1. The summed E-state index contributed by atoms with van der Waals surface area (Å²) in [5, 5.41) is 15.7. The molecule has 0 aliphatic carbocycles. The van der Waals surface area contributed by atoms with E-state index < -0.39 is 11.9 Å². The molecule has 3 aromatic carbocycles. The molecule has 0 radical (unpaired) electrons. The van der Waals surface area contributed by atoms with Crippen LogP contribution in [0.25, 0.3) is 0 Å². The number of halogens is 1. The Balaban J connectivity index is 1.58. The Morgan fingerprint density at radius 3 is 2.41 bits per heavy atom. The first-order chi connectivity index (χ1) is 16.5. The third kappa shape index (κ3) is 5.99. The summed E-state index contributed by atoms with van der Waals surface area (Å²) in [6.07, 6.45) is 0.255. The Kier molecular flexibility index (Phi) is 7.54. The van der Waals surface area contributed by atoms with Gasteiger partial charge in [-0.05, 0) is 60.0 Å². The Labute approximate surface area is 198 Å². The molecule has 1 aliphatic rings. The molecule has 1 amide bonds. The topological polar surface area (TPSA) is 81.7 Å². The number of phenols is 1. The number of hydrogen-bond acceptors (Lipinski definition) is 5. The maximum atomic E-state index is 14.1. The number of hydrogen-bond donors (Lipinski definition) is 3. The quantitative estimate of drug-likeness (QED) is 0.480. The number of nitrogens with zero attached hydrogens (tertiary/aromatic N) is 1. The fourth-order valence-corrected chi connectivity index (χ4v) is 4.17. The highest BCUT2D eigenvalue weighted by molar-refractivity contribution is 5.98. The van der Waals surface area contributed by atoms with E-state index in [1.165, 1.54) is 12.1 Å². The Bertz CT molecular complexity index is 1130. The lowest BCUT2D eigenvalue weighted by Crippen LogP contribution is -2.45. The molecular weight excluding hydrogens is 433 g/mol. The van der Waals surface area contributed by atoms with Crippen LogP contribution < -0.4 is 15.5 Å². The summed E-state index contributed by atoms with van der Waals surface area (Å²) in [6, 6.07) is 19.0. The van der Waals surface area contributed by atoms with Crippen LogP contribution in [0.4, 0.5) is 10.1 Å². The first-order valence-electron chi connectivity index (χ1n) is 11.4. The van der Waals surface area contributed by atoms with Crippen molar-refractivity contribution in [3.05, 3.63) is 95.3 Å². The average molecular weight is 462 g/mol. The van der Waals surface area contributed by atoms with Crippen molar-refractivity contribution in [2.75, 3.05) is 31.1 Å². The third-order valence-corrected chi connectivity index (χ3v) is 5.97. The number of nitrogens with one attached hydrogen (secondary N) is 2. The average Bonchev–Trinajstić information content (AvgIpc) is 2.86. The molecule has 7 heteroatoms. The number of benzene rings is 3. The molecule has 1 saturated heterocycles. The van der Waals surface area contributed by atoms with E-state index in [0.717, 1.165) is 37.4 Å². The SMILES string of the molecule is O=C(NC(Cc1ccc(O)cc1)C(=O)Cc1cc(F)ccc1N1CCNCC1)c1ccccc1. The third-order valence-electron chi connectivity index (χ3n) is 5.97. The molecule has 0 saturated carbocycles. The highest BCUT2D eigenvalue weighted by Gasteiger charge is 2.24. The van der Waals surface area contributed by atoms with E-state index in [-0.39, 0.29) is 30.3 Å². The summed E-state index contributed by atoms with van der Waals surface area (Å²) in [6.45, 7) is 3.19. The van der Waals surface area contributed by atoms with Crippen LogP contribution in [0.5, 0.6) is 5.75 Å². The van der Waals surface area contributed by atoms with Gasteiger partial charge in [-0.25, -0.2) is 4.39 Å². The van der Waals surface area contributed by atoms with E-state index in [2.05, 4.69) is 15.5 Å². The predicted molar refractivity (Wildman–Crippen MR) is 130 cm³/mol. The van der Waals surface area contributed by atoms with Gasteiger partial charge in [-0.1, -0.05) is 30.3 Å². The van der Waals surface area contributed by atoms with Crippen LogP contribution in [-0.4, -0.2) is 49.0 Å². The standard InChI is InChI=1S/C27H28FN3O3/c28-22-8-11-25(31-14-12-29-13-15-31)21(17-22)18-26(33)24(16-19-6-9-23(32)10-7-19)30-27(34)20-4-2-1-3-5-20/h1-11,17,24,29,32H,12-16,18H2,(H,30,34). The second-order valence-corrected chi connectivity index (χ2v) is 8.42. The maximum Gasteiger partial charge on any atom is 0.251 e. The first kappa shape index (κ1) is 23.4. The number of carbonyl (C=O) groups is 2. The largest absolute Gasteiger partial charge is 0.508 e. The van der Waals surface area contributed by atoms with Gasteiger partial charge in [0.2, 0.25) is 0 Å². The lowest BCUT2D eigenvalue weighted by Gasteiger charge is -2.31. The minimum absolute atomic E-state index is 0.00512. The molecule has 176 valence electrons. The summed E-state index contributed by atoms with van der Waals surface area (Å²) >= 11 is 0.